The van der Waals surface area contributed by atoms with Gasteiger partial charge in [0.1, 0.15) is 23.3 Å². The van der Waals surface area contributed by atoms with Crippen molar-refractivity contribution < 1.29 is 39.8 Å². The second-order valence-electron chi connectivity index (χ2n) is 10.5. The van der Waals surface area contributed by atoms with E-state index in [9.17, 15) is 40.3 Å². The molecule has 254 valence electrons. The predicted octanol–water partition coefficient (Wildman–Crippen LogP) is 7.18. The summed E-state index contributed by atoms with van der Waals surface area (Å²) in [7, 11) is 0. The van der Waals surface area contributed by atoms with Crippen LogP contribution in [0.15, 0.2) is 104 Å². The number of alkyl halides is 3. The third-order valence-electron chi connectivity index (χ3n) is 7.13. The molecule has 0 atom stereocenters. The largest absolute Gasteiger partial charge is 0.441 e. The third-order valence-corrected chi connectivity index (χ3v) is 7.58. The molecule has 0 bridgehead atoms. The summed E-state index contributed by atoms with van der Waals surface area (Å²) >= 11 is 5.86. The van der Waals surface area contributed by atoms with Gasteiger partial charge in [0, 0.05) is 24.5 Å². The van der Waals surface area contributed by atoms with Crippen LogP contribution >= 0.6 is 11.6 Å². The third kappa shape index (κ3) is 8.73. The van der Waals surface area contributed by atoms with Gasteiger partial charge in [0.25, 0.3) is 0 Å². The van der Waals surface area contributed by atoms with Crippen LogP contribution in [0.5, 0.6) is 0 Å². The highest BCUT2D eigenvalue weighted by Crippen LogP contribution is 2.36. The Hall–Kier alpha value is -5.44. The molecule has 0 saturated heterocycles. The minimum atomic E-state index is -4.61. The average molecular weight is 707 g/mol. The van der Waals surface area contributed by atoms with Crippen molar-refractivity contribution in [3.05, 3.63) is 174 Å². The fourth-order valence-electron chi connectivity index (χ4n) is 4.64. The van der Waals surface area contributed by atoms with E-state index < -0.39 is 45.7 Å². The van der Waals surface area contributed by atoms with Crippen molar-refractivity contribution in [1.29, 1.82) is 0 Å². The van der Waals surface area contributed by atoms with Crippen LogP contribution in [0.3, 0.4) is 0 Å². The summed E-state index contributed by atoms with van der Waals surface area (Å²) < 4.78 is 103. The number of hydrogen-bond donors (Lipinski definition) is 0. The second kappa shape index (κ2) is 14.8. The van der Waals surface area contributed by atoms with Gasteiger partial charge >= 0.3 is 17.7 Å². The molecule has 0 radical (unpaired) electrons. The first kappa shape index (κ1) is 34.9. The fourth-order valence-corrected chi connectivity index (χ4v) is 4.93. The van der Waals surface area contributed by atoms with Gasteiger partial charge in [-0.05, 0) is 53.1 Å². The predicted molar refractivity (Wildman–Crippen MR) is 161 cm³/mol. The molecule has 0 aliphatic carbocycles. The van der Waals surface area contributed by atoms with Crippen LogP contribution in [-0.2, 0) is 32.1 Å². The first-order chi connectivity index (χ1) is 23.3. The lowest BCUT2D eigenvalue weighted by Crippen LogP contribution is -2.19. The summed E-state index contributed by atoms with van der Waals surface area (Å²) in [5.41, 5.74) is 0.627. The van der Waals surface area contributed by atoms with E-state index in [1.807, 2.05) is 0 Å². The van der Waals surface area contributed by atoms with Crippen molar-refractivity contribution in [2.75, 3.05) is 0 Å². The molecule has 2 heterocycles. The number of benzene rings is 4. The highest BCUT2D eigenvalue weighted by molar-refractivity contribution is 6.32. The Kier molecular flexibility index (Phi) is 10.5. The first-order valence-corrected chi connectivity index (χ1v) is 14.5. The van der Waals surface area contributed by atoms with E-state index in [0.717, 1.165) is 27.3 Å². The van der Waals surface area contributed by atoms with E-state index in [1.54, 1.807) is 12.1 Å². The maximum absolute atomic E-state index is 13.7. The molecule has 4 aromatic carbocycles. The molecule has 8 nitrogen and oxygen atoms in total. The van der Waals surface area contributed by atoms with Gasteiger partial charge < -0.3 is 0 Å². The van der Waals surface area contributed by atoms with Crippen LogP contribution in [0.25, 0.3) is 0 Å². The van der Waals surface area contributed by atoms with E-state index in [0.29, 0.717) is 11.1 Å². The van der Waals surface area contributed by atoms with Crippen LogP contribution in [0.4, 0.5) is 30.7 Å². The van der Waals surface area contributed by atoms with Gasteiger partial charge in [-0.2, -0.15) is 13.2 Å². The zero-order valence-corrected chi connectivity index (χ0v) is 25.6. The van der Waals surface area contributed by atoms with E-state index in [1.165, 1.54) is 54.6 Å². The second-order valence-corrected chi connectivity index (χ2v) is 10.9. The van der Waals surface area contributed by atoms with Crippen LogP contribution in [0, 0.1) is 23.3 Å². The van der Waals surface area contributed by atoms with Gasteiger partial charge in [0.15, 0.2) is 11.6 Å². The quantitative estimate of drug-likeness (QED) is 0.156. The molecule has 0 spiro atoms. The lowest BCUT2D eigenvalue weighted by atomic mass is 10.1. The standard InChI is InChI=1S/C17H11ClF4N2O2.C16H11F3N2O2/c18-15-11(2-1-3-13(15)17(20,21)22)9-24-14(23-26-16(24)25)8-10-4-6-12(19)7-5-10;17-12-4-1-10(2-5-12)7-15-20-23-16(22)21(15)9-11-3-6-13(18)8-14(11)19/h1-7H,8-9H2;1-6,8H,7,9H2. The number of hydrogen-bond acceptors (Lipinski definition) is 6. The van der Waals surface area contributed by atoms with Crippen molar-refractivity contribution in [3.8, 4) is 0 Å². The maximum Gasteiger partial charge on any atom is 0.441 e. The Morgan fingerprint density at radius 1 is 0.633 bits per heavy atom. The van der Waals surface area contributed by atoms with E-state index in [-0.39, 0.29) is 54.5 Å². The molecule has 0 saturated carbocycles. The van der Waals surface area contributed by atoms with Crippen molar-refractivity contribution in [2.45, 2.75) is 32.1 Å². The van der Waals surface area contributed by atoms with Gasteiger partial charge in [-0.3, -0.25) is 18.2 Å². The summed E-state index contributed by atoms with van der Waals surface area (Å²) in [6.07, 6.45) is -4.25. The smallest absolute Gasteiger partial charge is 0.296 e. The zero-order chi connectivity index (χ0) is 35.3. The Morgan fingerprint density at radius 3 is 1.57 bits per heavy atom. The van der Waals surface area contributed by atoms with Crippen molar-refractivity contribution in [3.63, 3.8) is 0 Å². The van der Waals surface area contributed by atoms with Crippen molar-refractivity contribution in [1.82, 2.24) is 19.4 Å². The molecule has 16 heteroatoms. The minimum absolute atomic E-state index is 0.104. The Bertz CT molecular complexity index is 2170. The van der Waals surface area contributed by atoms with E-state index in [4.69, 9.17) is 11.6 Å². The molecular weight excluding hydrogens is 685 g/mol. The van der Waals surface area contributed by atoms with Gasteiger partial charge in [-0.15, -0.1) is 0 Å². The van der Waals surface area contributed by atoms with Crippen LogP contribution in [0.1, 0.15) is 39.5 Å². The number of nitrogens with zero attached hydrogens (tertiary/aromatic N) is 4. The first-order valence-electron chi connectivity index (χ1n) is 14.2. The summed E-state index contributed by atoms with van der Waals surface area (Å²) in [5.74, 6) is -3.36. The van der Waals surface area contributed by atoms with Crippen LogP contribution in [-0.4, -0.2) is 19.4 Å². The summed E-state index contributed by atoms with van der Waals surface area (Å²) in [6.45, 7) is -0.368. The molecule has 0 amide bonds. The molecule has 0 unspecified atom stereocenters. The molecule has 0 N–H and O–H groups in total. The average Bonchev–Trinajstić information content (AvgIpc) is 3.57. The monoisotopic (exact) mass is 706 g/mol. The highest BCUT2D eigenvalue weighted by atomic mass is 35.5. The Labute approximate surface area is 276 Å². The SMILES string of the molecule is O=c1onc(Cc2ccc(F)cc2)n1Cc1ccc(F)cc1F.O=c1onc(Cc2ccc(F)cc2)n1Cc1cccc(C(F)(F)F)c1Cl. The summed E-state index contributed by atoms with van der Waals surface area (Å²) in [4.78, 5) is 23.6. The molecular formula is C33H22ClF7N4O4. The van der Waals surface area contributed by atoms with Crippen molar-refractivity contribution in [2.24, 2.45) is 0 Å². The molecule has 6 aromatic rings. The number of aromatic nitrogens is 4. The molecule has 0 aliphatic heterocycles. The molecule has 0 fully saturated rings. The molecule has 6 rings (SSSR count). The normalized spacial score (nSPS) is 11.3. The summed E-state index contributed by atoms with van der Waals surface area (Å²) in [5, 5.41) is 6.82. The zero-order valence-electron chi connectivity index (χ0n) is 24.9. The molecule has 49 heavy (non-hydrogen) atoms. The van der Waals surface area contributed by atoms with E-state index in [2.05, 4.69) is 19.4 Å². The van der Waals surface area contributed by atoms with E-state index >= 15 is 0 Å². The minimum Gasteiger partial charge on any atom is -0.296 e. The number of rotatable bonds is 8. The lowest BCUT2D eigenvalue weighted by Gasteiger charge is -2.13. The van der Waals surface area contributed by atoms with Gasteiger partial charge in [0.2, 0.25) is 0 Å². The van der Waals surface area contributed by atoms with Crippen LogP contribution in [0.2, 0.25) is 5.02 Å². The van der Waals surface area contributed by atoms with Gasteiger partial charge in [0.05, 0.1) is 23.7 Å². The Morgan fingerprint density at radius 2 is 1.10 bits per heavy atom. The molecule has 2 aromatic heterocycles. The van der Waals surface area contributed by atoms with Crippen LogP contribution < -0.4 is 11.5 Å². The van der Waals surface area contributed by atoms with Gasteiger partial charge in [-0.1, -0.05) is 64.4 Å². The number of halogens is 8. The summed E-state index contributed by atoms with van der Waals surface area (Å²) in [6, 6.07) is 17.8. The topological polar surface area (TPSA) is 96.1 Å². The highest BCUT2D eigenvalue weighted by Gasteiger charge is 2.34. The fraction of sp³-hybridized carbons (Fsp3) is 0.152. The van der Waals surface area contributed by atoms with Gasteiger partial charge in [-0.25, -0.2) is 27.2 Å². The molecule has 0 aliphatic rings. The maximum atomic E-state index is 13.7. The van der Waals surface area contributed by atoms with Crippen molar-refractivity contribution >= 4 is 11.6 Å². The lowest BCUT2D eigenvalue weighted by molar-refractivity contribution is -0.137. The Balaban J connectivity index is 0.000000192.